The van der Waals surface area contributed by atoms with Gasteiger partial charge in [-0.05, 0) is 57.9 Å². The average Bonchev–Trinajstić information content (AvgIpc) is 2.49. The van der Waals surface area contributed by atoms with Crippen LogP contribution < -0.4 is 14.8 Å². The van der Waals surface area contributed by atoms with Gasteiger partial charge in [0, 0.05) is 18.9 Å². The molecular weight excluding hydrogens is 302 g/mol. The third-order valence-electron chi connectivity index (χ3n) is 3.57. The summed E-state index contributed by atoms with van der Waals surface area (Å²) in [4.78, 5) is 12.8. The van der Waals surface area contributed by atoms with Crippen LogP contribution >= 0.6 is 8.58 Å². The summed E-state index contributed by atoms with van der Waals surface area (Å²) in [5, 5.41) is 1.10. The molecule has 5 heteroatoms. The SMILES string of the molecule is COc1cccc(OC)c1C(=O)Pc1c(C)cc(C)cc1C.[Li]. The molecule has 0 amide bonds. The summed E-state index contributed by atoms with van der Waals surface area (Å²) in [5.41, 5.74) is 4.07. The number of hydrogen-bond donors (Lipinski definition) is 0. The Morgan fingerprint density at radius 3 is 1.87 bits per heavy atom. The minimum atomic E-state index is 0. The minimum Gasteiger partial charge on any atom is -0.496 e. The number of carbonyl (C=O) groups excluding carboxylic acids is 1. The second-order valence-corrected chi connectivity index (χ2v) is 6.47. The van der Waals surface area contributed by atoms with Gasteiger partial charge in [-0.25, -0.2) is 0 Å². The van der Waals surface area contributed by atoms with Gasteiger partial charge in [0.2, 0.25) is 0 Å². The molecule has 117 valence electrons. The van der Waals surface area contributed by atoms with Crippen LogP contribution in [0.15, 0.2) is 30.3 Å². The zero-order chi connectivity index (χ0) is 16.3. The Morgan fingerprint density at radius 2 is 1.43 bits per heavy atom. The molecule has 23 heavy (non-hydrogen) atoms. The molecule has 0 bridgehead atoms. The van der Waals surface area contributed by atoms with Crippen LogP contribution in [0, 0.1) is 20.8 Å². The third-order valence-corrected chi connectivity index (χ3v) is 5.09. The van der Waals surface area contributed by atoms with E-state index in [1.165, 1.54) is 5.56 Å². The number of ether oxygens (including phenoxy) is 2. The molecule has 0 spiro atoms. The molecule has 0 aliphatic rings. The Bertz CT molecular complexity index is 668. The van der Waals surface area contributed by atoms with E-state index < -0.39 is 0 Å². The van der Waals surface area contributed by atoms with E-state index >= 15 is 0 Å². The Balaban J connectivity index is 0.00000264. The predicted octanol–water partition coefficient (Wildman–Crippen LogP) is 3.39. The maximum atomic E-state index is 12.8. The monoisotopic (exact) mass is 323 g/mol. The first-order valence-electron chi connectivity index (χ1n) is 7.08. The summed E-state index contributed by atoms with van der Waals surface area (Å²) < 4.78 is 10.7. The molecule has 1 unspecified atom stereocenters. The molecule has 0 saturated heterocycles. The number of benzene rings is 2. The number of aryl methyl sites for hydroxylation is 3. The maximum Gasteiger partial charge on any atom is 0.193 e. The normalized spacial score (nSPS) is 10.5. The van der Waals surface area contributed by atoms with Crippen LogP contribution in [-0.2, 0) is 0 Å². The van der Waals surface area contributed by atoms with E-state index in [2.05, 4.69) is 32.9 Å². The first-order chi connectivity index (χ1) is 10.5. The molecule has 0 saturated carbocycles. The van der Waals surface area contributed by atoms with Crippen molar-refractivity contribution in [1.29, 1.82) is 0 Å². The van der Waals surface area contributed by atoms with Gasteiger partial charge in [0.15, 0.2) is 5.52 Å². The van der Waals surface area contributed by atoms with Crippen molar-refractivity contribution in [2.45, 2.75) is 20.8 Å². The molecule has 1 radical (unpaired) electrons. The number of methoxy groups -OCH3 is 2. The van der Waals surface area contributed by atoms with Gasteiger partial charge in [0.1, 0.15) is 17.1 Å². The van der Waals surface area contributed by atoms with Gasteiger partial charge in [-0.3, -0.25) is 4.79 Å². The van der Waals surface area contributed by atoms with Crippen molar-refractivity contribution >= 4 is 38.3 Å². The van der Waals surface area contributed by atoms with Crippen LogP contribution in [0.5, 0.6) is 11.5 Å². The van der Waals surface area contributed by atoms with E-state index in [-0.39, 0.29) is 33.0 Å². The maximum absolute atomic E-state index is 12.8. The molecule has 0 heterocycles. The minimum absolute atomic E-state index is 0. The van der Waals surface area contributed by atoms with Crippen molar-refractivity contribution < 1.29 is 14.3 Å². The van der Waals surface area contributed by atoms with Crippen molar-refractivity contribution in [3.63, 3.8) is 0 Å². The van der Waals surface area contributed by atoms with Crippen molar-refractivity contribution in [2.24, 2.45) is 0 Å². The zero-order valence-corrected chi connectivity index (χ0v) is 15.6. The summed E-state index contributed by atoms with van der Waals surface area (Å²) in [7, 11) is 3.18. The van der Waals surface area contributed by atoms with Crippen LogP contribution in [0.4, 0.5) is 0 Å². The molecule has 0 aliphatic carbocycles. The van der Waals surface area contributed by atoms with Crippen LogP contribution in [0.3, 0.4) is 0 Å². The predicted molar refractivity (Wildman–Crippen MR) is 98.2 cm³/mol. The van der Waals surface area contributed by atoms with E-state index in [4.69, 9.17) is 9.47 Å². The Hall–Kier alpha value is -1.26. The van der Waals surface area contributed by atoms with Gasteiger partial charge in [0.25, 0.3) is 0 Å². The van der Waals surface area contributed by atoms with Gasteiger partial charge in [-0.15, -0.1) is 0 Å². The Kier molecular flexibility index (Phi) is 7.35. The molecule has 2 aromatic rings. The van der Waals surface area contributed by atoms with Crippen molar-refractivity contribution in [3.05, 3.63) is 52.6 Å². The van der Waals surface area contributed by atoms with Crippen molar-refractivity contribution in [1.82, 2.24) is 0 Å². The van der Waals surface area contributed by atoms with E-state index in [0.29, 0.717) is 17.1 Å². The van der Waals surface area contributed by atoms with Crippen LogP contribution in [0.2, 0.25) is 0 Å². The van der Waals surface area contributed by atoms with E-state index in [9.17, 15) is 4.79 Å². The quantitative estimate of drug-likeness (QED) is 0.625. The van der Waals surface area contributed by atoms with Crippen molar-refractivity contribution in [2.75, 3.05) is 14.2 Å². The molecule has 0 aromatic heterocycles. The molecule has 1 atom stereocenters. The Labute approximate surface area is 151 Å². The summed E-state index contributed by atoms with van der Waals surface area (Å²) in [5.74, 6) is 1.11. The Morgan fingerprint density at radius 1 is 0.957 bits per heavy atom. The molecular formula is C18H21LiO3P. The largest absolute Gasteiger partial charge is 0.496 e. The zero-order valence-electron chi connectivity index (χ0n) is 14.6. The fourth-order valence-electron chi connectivity index (χ4n) is 2.63. The third kappa shape index (κ3) is 4.39. The summed E-state index contributed by atoms with van der Waals surface area (Å²) in [6.07, 6.45) is 0. The second-order valence-electron chi connectivity index (χ2n) is 5.27. The van der Waals surface area contributed by atoms with Crippen LogP contribution in [0.1, 0.15) is 27.0 Å². The van der Waals surface area contributed by atoms with Gasteiger partial charge >= 0.3 is 0 Å². The smallest absolute Gasteiger partial charge is 0.193 e. The van der Waals surface area contributed by atoms with Crippen LogP contribution in [0.25, 0.3) is 0 Å². The first kappa shape index (κ1) is 19.8. The average molecular weight is 323 g/mol. The number of rotatable bonds is 5. The van der Waals surface area contributed by atoms with E-state index in [1.54, 1.807) is 26.4 Å². The molecule has 0 fully saturated rings. The second kappa shape index (κ2) is 8.55. The molecule has 3 nitrogen and oxygen atoms in total. The van der Waals surface area contributed by atoms with E-state index in [1.807, 2.05) is 6.07 Å². The van der Waals surface area contributed by atoms with Gasteiger partial charge in [-0.1, -0.05) is 23.8 Å². The standard InChI is InChI=1S/C18H21O3P.Li/c1-11-9-12(2)17(13(3)10-11)22-18(19)16-14(20-4)7-6-8-15(16)21-5;/h6-10,22H,1-5H3;. The molecule has 2 aromatic carbocycles. The summed E-state index contributed by atoms with van der Waals surface area (Å²) in [6.45, 7) is 6.17. The van der Waals surface area contributed by atoms with Crippen molar-refractivity contribution in [3.8, 4) is 11.5 Å². The molecule has 0 aliphatic heterocycles. The fourth-order valence-corrected chi connectivity index (χ4v) is 3.77. The topological polar surface area (TPSA) is 35.5 Å². The first-order valence-corrected chi connectivity index (χ1v) is 8.08. The van der Waals surface area contributed by atoms with Gasteiger partial charge in [0.05, 0.1) is 14.2 Å². The van der Waals surface area contributed by atoms with Gasteiger partial charge < -0.3 is 9.47 Å². The molecule has 2 rings (SSSR count). The van der Waals surface area contributed by atoms with E-state index in [0.717, 1.165) is 16.4 Å². The molecule has 0 N–H and O–H groups in total. The van der Waals surface area contributed by atoms with Crippen LogP contribution in [-0.4, -0.2) is 38.6 Å². The summed E-state index contributed by atoms with van der Waals surface area (Å²) in [6, 6.07) is 9.62. The number of hydrogen-bond acceptors (Lipinski definition) is 3. The summed E-state index contributed by atoms with van der Waals surface area (Å²) >= 11 is 0. The van der Waals surface area contributed by atoms with Gasteiger partial charge in [-0.2, -0.15) is 0 Å². The number of carbonyl (C=O) groups is 1. The fraction of sp³-hybridized carbons (Fsp3) is 0.278.